The van der Waals surface area contributed by atoms with Gasteiger partial charge in [-0.1, -0.05) is 28.1 Å². The Labute approximate surface area is 104 Å². The molecule has 1 fully saturated rings. The minimum atomic E-state index is -2.99. The zero-order chi connectivity index (χ0) is 11.6. The fourth-order valence-corrected chi connectivity index (χ4v) is 3.89. The van der Waals surface area contributed by atoms with Crippen molar-refractivity contribution < 1.29 is 8.42 Å². The third-order valence-corrected chi connectivity index (χ3v) is 4.83. The van der Waals surface area contributed by atoms with Gasteiger partial charge in [-0.3, -0.25) is 0 Å². The Balaban J connectivity index is 2.02. The summed E-state index contributed by atoms with van der Waals surface area (Å²) < 4.78 is 24.6. The van der Waals surface area contributed by atoms with Gasteiger partial charge in [-0.05, 0) is 30.7 Å². The van der Waals surface area contributed by atoms with Crippen molar-refractivity contribution in [2.75, 3.05) is 12.3 Å². The predicted molar refractivity (Wildman–Crippen MR) is 68.0 cm³/mol. The normalized spacial score (nSPS) is 20.4. The van der Waals surface area contributed by atoms with Crippen LogP contribution in [0.2, 0.25) is 0 Å². The summed E-state index contributed by atoms with van der Waals surface area (Å²) in [4.78, 5) is 0. The van der Waals surface area contributed by atoms with Gasteiger partial charge in [-0.2, -0.15) is 0 Å². The lowest BCUT2D eigenvalue weighted by molar-refractivity contribution is 0.398. The molecule has 1 aromatic rings. The lowest BCUT2D eigenvalue weighted by Gasteiger charge is -2.27. The fraction of sp³-hybridized carbons (Fsp3) is 0.455. The molecular formula is C11H14BrNO2S. The number of benzene rings is 1. The van der Waals surface area contributed by atoms with Crippen LogP contribution in [-0.4, -0.2) is 26.8 Å². The molecule has 0 radical (unpaired) electrons. The minimum Gasteiger partial charge on any atom is -0.313 e. The standard InChI is InChI=1S/C11H14BrNO2S/c12-10-3-1-2-9(6-10)7-16(14,15)8-11-4-5-13-11/h1-3,6,11,13H,4-5,7-8H2. The Morgan fingerprint density at radius 2 is 2.19 bits per heavy atom. The quantitative estimate of drug-likeness (QED) is 0.921. The van der Waals surface area contributed by atoms with E-state index in [-0.39, 0.29) is 17.5 Å². The molecule has 0 saturated carbocycles. The van der Waals surface area contributed by atoms with E-state index in [0.29, 0.717) is 0 Å². The first-order valence-electron chi connectivity index (χ1n) is 5.23. The zero-order valence-electron chi connectivity index (χ0n) is 8.82. The van der Waals surface area contributed by atoms with Gasteiger partial charge in [0.25, 0.3) is 0 Å². The first-order valence-corrected chi connectivity index (χ1v) is 7.85. The summed E-state index contributed by atoms with van der Waals surface area (Å²) in [6.45, 7) is 0.942. The molecule has 5 heteroatoms. The van der Waals surface area contributed by atoms with E-state index in [9.17, 15) is 8.42 Å². The van der Waals surface area contributed by atoms with E-state index in [1.165, 1.54) is 0 Å². The van der Waals surface area contributed by atoms with Crippen molar-refractivity contribution in [2.24, 2.45) is 0 Å². The highest BCUT2D eigenvalue weighted by atomic mass is 79.9. The second-order valence-corrected chi connectivity index (χ2v) is 7.15. The van der Waals surface area contributed by atoms with Crippen LogP contribution in [0.3, 0.4) is 0 Å². The van der Waals surface area contributed by atoms with Gasteiger partial charge in [-0.15, -0.1) is 0 Å². The second-order valence-electron chi connectivity index (χ2n) is 4.12. The van der Waals surface area contributed by atoms with Gasteiger partial charge in [0, 0.05) is 10.5 Å². The van der Waals surface area contributed by atoms with Crippen molar-refractivity contribution in [3.05, 3.63) is 34.3 Å². The SMILES string of the molecule is O=S(=O)(Cc1cccc(Br)c1)CC1CCN1. The van der Waals surface area contributed by atoms with Crippen LogP contribution >= 0.6 is 15.9 Å². The van der Waals surface area contributed by atoms with Crippen LogP contribution < -0.4 is 5.32 Å². The maximum Gasteiger partial charge on any atom is 0.155 e. The monoisotopic (exact) mass is 303 g/mol. The topological polar surface area (TPSA) is 46.2 Å². The van der Waals surface area contributed by atoms with Crippen molar-refractivity contribution in [3.8, 4) is 0 Å². The number of sulfone groups is 1. The average Bonchev–Trinajstić information content (AvgIpc) is 2.11. The summed E-state index contributed by atoms with van der Waals surface area (Å²) in [5, 5.41) is 3.11. The molecule has 1 aliphatic rings. The third-order valence-electron chi connectivity index (χ3n) is 2.66. The lowest BCUT2D eigenvalue weighted by atomic mass is 10.1. The molecule has 1 aromatic carbocycles. The third kappa shape index (κ3) is 3.30. The smallest absolute Gasteiger partial charge is 0.155 e. The molecule has 3 nitrogen and oxygen atoms in total. The Morgan fingerprint density at radius 1 is 1.44 bits per heavy atom. The lowest BCUT2D eigenvalue weighted by Crippen LogP contribution is -2.47. The Bertz CT molecular complexity index is 469. The van der Waals surface area contributed by atoms with Gasteiger partial charge in [0.05, 0.1) is 11.5 Å². The van der Waals surface area contributed by atoms with E-state index < -0.39 is 9.84 Å². The molecule has 1 unspecified atom stereocenters. The molecule has 2 rings (SSSR count). The van der Waals surface area contributed by atoms with Crippen LogP contribution in [0.15, 0.2) is 28.7 Å². The van der Waals surface area contributed by atoms with Gasteiger partial charge in [0.15, 0.2) is 9.84 Å². The van der Waals surface area contributed by atoms with E-state index in [0.717, 1.165) is 23.0 Å². The molecular weight excluding hydrogens is 290 g/mol. The summed E-state index contributed by atoms with van der Waals surface area (Å²) in [5.41, 5.74) is 0.841. The van der Waals surface area contributed by atoms with Crippen LogP contribution in [0.5, 0.6) is 0 Å². The Kier molecular flexibility index (Phi) is 3.66. The van der Waals surface area contributed by atoms with Gasteiger partial charge < -0.3 is 5.32 Å². The first-order chi connectivity index (χ1) is 7.55. The van der Waals surface area contributed by atoms with E-state index in [4.69, 9.17) is 0 Å². The van der Waals surface area contributed by atoms with Crippen molar-refractivity contribution in [2.45, 2.75) is 18.2 Å². The maximum absolute atomic E-state index is 11.9. The average molecular weight is 304 g/mol. The maximum atomic E-state index is 11.9. The molecule has 88 valence electrons. The number of halogens is 1. The van der Waals surface area contributed by atoms with Crippen molar-refractivity contribution in [1.29, 1.82) is 0 Å². The van der Waals surface area contributed by atoms with Gasteiger partial charge in [-0.25, -0.2) is 8.42 Å². The molecule has 0 amide bonds. The molecule has 1 N–H and O–H groups in total. The molecule has 0 spiro atoms. The summed E-state index contributed by atoms with van der Waals surface area (Å²) in [7, 11) is -2.99. The zero-order valence-corrected chi connectivity index (χ0v) is 11.2. The number of hydrogen-bond donors (Lipinski definition) is 1. The number of hydrogen-bond acceptors (Lipinski definition) is 3. The van der Waals surface area contributed by atoms with Crippen LogP contribution in [0.4, 0.5) is 0 Å². The van der Waals surface area contributed by atoms with Gasteiger partial charge >= 0.3 is 0 Å². The molecule has 1 atom stereocenters. The van der Waals surface area contributed by atoms with E-state index in [2.05, 4.69) is 21.2 Å². The molecule has 0 aliphatic carbocycles. The molecule has 16 heavy (non-hydrogen) atoms. The van der Waals surface area contributed by atoms with Gasteiger partial charge in [0.1, 0.15) is 0 Å². The van der Waals surface area contributed by atoms with Crippen LogP contribution in [0.1, 0.15) is 12.0 Å². The van der Waals surface area contributed by atoms with E-state index in [1.54, 1.807) is 0 Å². The summed E-state index contributed by atoms with van der Waals surface area (Å²) in [6.07, 6.45) is 0.970. The highest BCUT2D eigenvalue weighted by Crippen LogP contribution is 2.16. The molecule has 0 bridgehead atoms. The molecule has 0 aromatic heterocycles. The van der Waals surface area contributed by atoms with Crippen molar-refractivity contribution in [1.82, 2.24) is 5.32 Å². The predicted octanol–water partition coefficient (Wildman–Crippen LogP) is 1.73. The minimum absolute atomic E-state index is 0.130. The summed E-state index contributed by atoms with van der Waals surface area (Å²) in [5.74, 6) is 0.379. The largest absolute Gasteiger partial charge is 0.313 e. The highest BCUT2D eigenvalue weighted by molar-refractivity contribution is 9.10. The number of nitrogens with one attached hydrogen (secondary N) is 1. The van der Waals surface area contributed by atoms with Crippen LogP contribution in [0, 0.1) is 0 Å². The molecule has 1 saturated heterocycles. The second kappa shape index (κ2) is 4.85. The molecule has 1 heterocycles. The van der Waals surface area contributed by atoms with Crippen molar-refractivity contribution in [3.63, 3.8) is 0 Å². The summed E-state index contributed by atoms with van der Waals surface area (Å²) >= 11 is 3.34. The van der Waals surface area contributed by atoms with Crippen LogP contribution in [0.25, 0.3) is 0 Å². The highest BCUT2D eigenvalue weighted by Gasteiger charge is 2.23. The van der Waals surface area contributed by atoms with Crippen LogP contribution in [-0.2, 0) is 15.6 Å². The van der Waals surface area contributed by atoms with E-state index in [1.807, 2.05) is 24.3 Å². The van der Waals surface area contributed by atoms with Crippen molar-refractivity contribution >= 4 is 25.8 Å². The summed E-state index contributed by atoms with van der Waals surface area (Å²) in [6, 6.07) is 7.61. The fourth-order valence-electron chi connectivity index (χ4n) is 1.74. The number of rotatable bonds is 4. The van der Waals surface area contributed by atoms with E-state index >= 15 is 0 Å². The molecule has 1 aliphatic heterocycles. The van der Waals surface area contributed by atoms with Gasteiger partial charge in [0.2, 0.25) is 0 Å². The Hall–Kier alpha value is -0.390. The Morgan fingerprint density at radius 3 is 2.75 bits per heavy atom. The first kappa shape index (κ1) is 12.1.